The van der Waals surface area contributed by atoms with Crippen molar-refractivity contribution in [2.45, 2.75) is 20.8 Å². The molecule has 0 bridgehead atoms. The van der Waals surface area contributed by atoms with Gasteiger partial charge < -0.3 is 4.57 Å². The van der Waals surface area contributed by atoms with E-state index >= 15 is 0 Å². The highest BCUT2D eigenvalue weighted by molar-refractivity contribution is 7.92. The summed E-state index contributed by atoms with van der Waals surface area (Å²) in [6, 6.07) is 14.1. The van der Waals surface area contributed by atoms with Crippen LogP contribution < -0.4 is 9.73 Å². The van der Waals surface area contributed by atoms with Crippen LogP contribution in [0.3, 0.4) is 0 Å². The Kier molecular flexibility index (Phi) is 7.51. The van der Waals surface area contributed by atoms with E-state index in [0.29, 0.717) is 15.7 Å². The quantitative estimate of drug-likeness (QED) is 0.374. The molecule has 0 aliphatic heterocycles. The second-order valence-electron chi connectivity index (χ2n) is 7.66. The molecule has 10 heteroatoms. The molecular weight excluding hydrogens is 483 g/mol. The molecule has 0 fully saturated rings. The topological polar surface area (TPSA) is 83.8 Å². The molecule has 0 saturated heterocycles. The summed E-state index contributed by atoms with van der Waals surface area (Å²) in [5.74, 6) is -0.565. The summed E-state index contributed by atoms with van der Waals surface area (Å²) in [5.41, 5.74) is 6.97. The summed E-state index contributed by atoms with van der Waals surface area (Å²) < 4.78 is 27.4. The van der Waals surface area contributed by atoms with E-state index in [4.69, 9.17) is 23.2 Å². The molecule has 0 radical (unpaired) electrons. The Morgan fingerprint density at radius 3 is 2.52 bits per heavy atom. The first-order valence-corrected chi connectivity index (χ1v) is 12.6. The standard InChI is InChI=1S/C23H24Cl2N4O3S/c1-15-6-5-7-20(10-15)28(33(4,31)32)14-23(30)27-26-13-18-11-16(2)29(17(18)3)22-12-19(24)8-9-21(22)25/h5-13H,14H2,1-4H3,(H,27,30)/b26-13+. The molecule has 2 aromatic carbocycles. The molecule has 0 spiro atoms. The van der Waals surface area contributed by atoms with Gasteiger partial charge in [0.2, 0.25) is 10.0 Å². The number of sulfonamides is 1. The van der Waals surface area contributed by atoms with Crippen molar-refractivity contribution in [2.24, 2.45) is 5.10 Å². The van der Waals surface area contributed by atoms with E-state index in [2.05, 4.69) is 10.5 Å². The number of benzene rings is 2. The van der Waals surface area contributed by atoms with Gasteiger partial charge in [0.25, 0.3) is 5.91 Å². The molecule has 33 heavy (non-hydrogen) atoms. The molecule has 3 rings (SSSR count). The van der Waals surface area contributed by atoms with Crippen molar-refractivity contribution in [1.29, 1.82) is 0 Å². The Labute approximate surface area is 203 Å². The normalized spacial score (nSPS) is 11.7. The smallest absolute Gasteiger partial charge is 0.260 e. The lowest BCUT2D eigenvalue weighted by molar-refractivity contribution is -0.119. The maximum Gasteiger partial charge on any atom is 0.260 e. The second kappa shape index (κ2) is 9.99. The SMILES string of the molecule is Cc1cccc(N(CC(=O)N/N=C/c2cc(C)n(-c3cc(Cl)ccc3Cl)c2C)S(C)(=O)=O)c1. The molecule has 1 heterocycles. The zero-order valence-corrected chi connectivity index (χ0v) is 21.0. The molecule has 1 amide bonds. The average molecular weight is 507 g/mol. The molecule has 1 N–H and O–H groups in total. The Bertz CT molecular complexity index is 1330. The fourth-order valence-electron chi connectivity index (χ4n) is 3.47. The Balaban J connectivity index is 1.77. The van der Waals surface area contributed by atoms with Crippen LogP contribution in [0.1, 0.15) is 22.5 Å². The van der Waals surface area contributed by atoms with E-state index in [0.717, 1.165) is 38.8 Å². The van der Waals surface area contributed by atoms with Crippen molar-refractivity contribution >= 4 is 51.0 Å². The number of nitrogens with zero attached hydrogens (tertiary/aromatic N) is 3. The molecular formula is C23H24Cl2N4O3S. The van der Waals surface area contributed by atoms with Gasteiger partial charge in [-0.25, -0.2) is 13.8 Å². The third-order valence-corrected chi connectivity index (χ3v) is 6.68. The highest BCUT2D eigenvalue weighted by atomic mass is 35.5. The van der Waals surface area contributed by atoms with Crippen molar-refractivity contribution in [3.63, 3.8) is 0 Å². The van der Waals surface area contributed by atoms with Crippen molar-refractivity contribution in [1.82, 2.24) is 9.99 Å². The van der Waals surface area contributed by atoms with E-state index in [1.165, 1.54) is 6.21 Å². The predicted molar refractivity (Wildman–Crippen MR) is 134 cm³/mol. The van der Waals surface area contributed by atoms with Crippen LogP contribution >= 0.6 is 23.2 Å². The van der Waals surface area contributed by atoms with Gasteiger partial charge in [0.1, 0.15) is 6.54 Å². The third-order valence-electron chi connectivity index (χ3n) is 4.99. The molecule has 174 valence electrons. The van der Waals surface area contributed by atoms with Gasteiger partial charge in [-0.2, -0.15) is 5.10 Å². The van der Waals surface area contributed by atoms with Gasteiger partial charge in [-0.1, -0.05) is 35.3 Å². The van der Waals surface area contributed by atoms with E-state index in [9.17, 15) is 13.2 Å². The van der Waals surface area contributed by atoms with Crippen LogP contribution in [0.15, 0.2) is 53.6 Å². The lowest BCUT2D eigenvalue weighted by Gasteiger charge is -2.21. The Morgan fingerprint density at radius 1 is 1.12 bits per heavy atom. The monoisotopic (exact) mass is 506 g/mol. The number of carbonyl (C=O) groups excluding carboxylic acids is 1. The third kappa shape index (κ3) is 5.96. The number of rotatable bonds is 7. The minimum Gasteiger partial charge on any atom is -0.316 e. The fraction of sp³-hybridized carbons (Fsp3) is 0.217. The van der Waals surface area contributed by atoms with Gasteiger partial charge in [-0.15, -0.1) is 0 Å². The summed E-state index contributed by atoms with van der Waals surface area (Å²) >= 11 is 12.5. The molecule has 7 nitrogen and oxygen atoms in total. The summed E-state index contributed by atoms with van der Waals surface area (Å²) in [5, 5.41) is 5.13. The zero-order chi connectivity index (χ0) is 24.3. The van der Waals surface area contributed by atoms with Gasteiger partial charge in [-0.05, 0) is 62.7 Å². The number of amides is 1. The average Bonchev–Trinajstić information content (AvgIpc) is 3.00. The van der Waals surface area contributed by atoms with Crippen LogP contribution in [-0.2, 0) is 14.8 Å². The van der Waals surface area contributed by atoms with E-state index in [1.54, 1.807) is 36.4 Å². The number of halogens is 2. The predicted octanol–water partition coefficient (Wildman–Crippen LogP) is 4.63. The van der Waals surface area contributed by atoms with Crippen LogP contribution in [0.5, 0.6) is 0 Å². The molecule has 0 unspecified atom stereocenters. The van der Waals surface area contributed by atoms with Crippen LogP contribution in [-0.4, -0.2) is 37.9 Å². The number of hydrazone groups is 1. The van der Waals surface area contributed by atoms with Crippen LogP contribution in [0.4, 0.5) is 5.69 Å². The van der Waals surface area contributed by atoms with Crippen LogP contribution in [0, 0.1) is 20.8 Å². The van der Waals surface area contributed by atoms with E-state index in [-0.39, 0.29) is 0 Å². The zero-order valence-electron chi connectivity index (χ0n) is 18.6. The minimum absolute atomic E-state index is 0.392. The van der Waals surface area contributed by atoms with Crippen molar-refractivity contribution < 1.29 is 13.2 Å². The molecule has 0 aliphatic rings. The van der Waals surface area contributed by atoms with Crippen molar-refractivity contribution in [3.05, 3.63) is 81.1 Å². The highest BCUT2D eigenvalue weighted by Gasteiger charge is 2.21. The summed E-state index contributed by atoms with van der Waals surface area (Å²) in [4.78, 5) is 12.4. The van der Waals surface area contributed by atoms with Gasteiger partial charge in [-0.3, -0.25) is 9.10 Å². The number of anilines is 1. The van der Waals surface area contributed by atoms with Crippen molar-refractivity contribution in [2.75, 3.05) is 17.1 Å². The second-order valence-corrected chi connectivity index (χ2v) is 10.4. The lowest BCUT2D eigenvalue weighted by atomic mass is 10.2. The highest BCUT2D eigenvalue weighted by Crippen LogP contribution is 2.28. The van der Waals surface area contributed by atoms with Gasteiger partial charge >= 0.3 is 0 Å². The number of aryl methyl sites for hydroxylation is 2. The molecule has 3 aromatic rings. The summed E-state index contributed by atoms with van der Waals surface area (Å²) in [7, 11) is -3.66. The Morgan fingerprint density at radius 2 is 1.85 bits per heavy atom. The van der Waals surface area contributed by atoms with Crippen LogP contribution in [0.2, 0.25) is 10.0 Å². The largest absolute Gasteiger partial charge is 0.316 e. The number of hydrogen-bond donors (Lipinski definition) is 1. The minimum atomic E-state index is -3.66. The first-order valence-electron chi connectivity index (χ1n) is 9.98. The number of aromatic nitrogens is 1. The van der Waals surface area contributed by atoms with Crippen LogP contribution in [0.25, 0.3) is 5.69 Å². The molecule has 0 aliphatic carbocycles. The van der Waals surface area contributed by atoms with Crippen molar-refractivity contribution in [3.8, 4) is 5.69 Å². The lowest BCUT2D eigenvalue weighted by Crippen LogP contribution is -2.39. The summed E-state index contributed by atoms with van der Waals surface area (Å²) in [6.07, 6.45) is 2.56. The van der Waals surface area contributed by atoms with E-state index < -0.39 is 22.5 Å². The molecule has 0 atom stereocenters. The van der Waals surface area contributed by atoms with E-state index in [1.807, 2.05) is 37.5 Å². The first kappa shape index (κ1) is 24.8. The number of carbonyl (C=O) groups is 1. The molecule has 0 saturated carbocycles. The van der Waals surface area contributed by atoms with Gasteiger partial charge in [0, 0.05) is 22.0 Å². The Hall–Kier alpha value is -2.81. The van der Waals surface area contributed by atoms with Gasteiger partial charge in [0.05, 0.1) is 28.9 Å². The van der Waals surface area contributed by atoms with Gasteiger partial charge in [0.15, 0.2) is 0 Å². The maximum absolute atomic E-state index is 12.4. The summed E-state index contributed by atoms with van der Waals surface area (Å²) in [6.45, 7) is 5.28. The maximum atomic E-state index is 12.4. The number of nitrogens with one attached hydrogen (secondary N) is 1. The fourth-order valence-corrected chi connectivity index (χ4v) is 4.69. The first-order chi connectivity index (χ1) is 15.5. The molecule has 1 aromatic heterocycles. The number of hydrogen-bond acceptors (Lipinski definition) is 4.